The molecule has 0 aromatic heterocycles. The Morgan fingerprint density at radius 3 is 2.88 bits per heavy atom. The predicted octanol–water partition coefficient (Wildman–Crippen LogP) is 3.63. The maximum Gasteiger partial charge on any atom is 0.0576 e. The van der Waals surface area contributed by atoms with E-state index < -0.39 is 0 Å². The molecule has 2 rings (SSSR count). The lowest BCUT2D eigenvalue weighted by atomic mass is 9.73. The molecule has 2 aliphatic rings. The van der Waals surface area contributed by atoms with Crippen LogP contribution in [-0.4, -0.2) is 18.2 Å². The highest BCUT2D eigenvalue weighted by Gasteiger charge is 2.31. The van der Waals surface area contributed by atoms with Gasteiger partial charge in [0, 0.05) is 12.1 Å². The summed E-state index contributed by atoms with van der Waals surface area (Å²) in [5.41, 5.74) is 6.72. The Kier molecular flexibility index (Phi) is 4.87. The fourth-order valence-electron chi connectivity index (χ4n) is 3.65. The minimum atomic E-state index is 0.150. The first-order valence-corrected chi connectivity index (χ1v) is 7.62. The van der Waals surface area contributed by atoms with Crippen LogP contribution in [0.3, 0.4) is 0 Å². The molecule has 2 nitrogen and oxygen atoms in total. The van der Waals surface area contributed by atoms with Crippen LogP contribution in [-0.2, 0) is 4.74 Å². The Morgan fingerprint density at radius 2 is 2.18 bits per heavy atom. The van der Waals surface area contributed by atoms with Crippen molar-refractivity contribution < 1.29 is 4.74 Å². The quantitative estimate of drug-likeness (QED) is 0.795. The number of nitrogens with two attached hydrogens (primary N) is 1. The van der Waals surface area contributed by atoms with Crippen molar-refractivity contribution in [3.05, 3.63) is 0 Å². The molecule has 2 fully saturated rings. The highest BCUT2D eigenvalue weighted by atomic mass is 16.5. The monoisotopic (exact) mass is 239 g/mol. The summed E-state index contributed by atoms with van der Waals surface area (Å²) in [6, 6.07) is 0. The van der Waals surface area contributed by atoms with Gasteiger partial charge in [-0.1, -0.05) is 26.2 Å². The van der Waals surface area contributed by atoms with Gasteiger partial charge in [0.1, 0.15) is 0 Å². The van der Waals surface area contributed by atoms with E-state index in [1.54, 1.807) is 0 Å². The zero-order chi connectivity index (χ0) is 12.1. The summed E-state index contributed by atoms with van der Waals surface area (Å²) in [4.78, 5) is 0. The molecule has 2 N–H and O–H groups in total. The Hall–Kier alpha value is -0.0800. The topological polar surface area (TPSA) is 35.2 Å². The Labute approximate surface area is 106 Å². The summed E-state index contributed by atoms with van der Waals surface area (Å²) in [7, 11) is 0. The Balaban J connectivity index is 1.69. The third kappa shape index (κ3) is 3.96. The van der Waals surface area contributed by atoms with E-state index in [1.807, 2.05) is 0 Å². The number of ether oxygens (including phenoxy) is 1. The molecule has 17 heavy (non-hydrogen) atoms. The van der Waals surface area contributed by atoms with Crippen molar-refractivity contribution in [2.45, 2.75) is 82.8 Å². The standard InChI is InChI=1S/C15H29NO/c1-2-13-6-3-9-15(16,12-13)10-4-7-14-8-5-11-17-14/h13-14H,2-12,16H2,1H3. The van der Waals surface area contributed by atoms with Gasteiger partial charge in [0.15, 0.2) is 0 Å². The summed E-state index contributed by atoms with van der Waals surface area (Å²) >= 11 is 0. The lowest BCUT2D eigenvalue weighted by Gasteiger charge is -2.38. The number of hydrogen-bond donors (Lipinski definition) is 1. The lowest BCUT2D eigenvalue weighted by molar-refractivity contribution is 0.0976. The Morgan fingerprint density at radius 1 is 1.29 bits per heavy atom. The van der Waals surface area contributed by atoms with E-state index in [2.05, 4.69) is 6.92 Å². The molecule has 1 saturated carbocycles. The third-order valence-corrected chi connectivity index (χ3v) is 4.78. The van der Waals surface area contributed by atoms with Crippen LogP contribution in [0.2, 0.25) is 0 Å². The second-order valence-corrected chi connectivity index (χ2v) is 6.26. The molecule has 1 saturated heterocycles. The minimum absolute atomic E-state index is 0.150. The first-order valence-electron chi connectivity index (χ1n) is 7.62. The molecule has 1 aliphatic heterocycles. The molecule has 100 valence electrons. The van der Waals surface area contributed by atoms with Gasteiger partial charge in [-0.15, -0.1) is 0 Å². The van der Waals surface area contributed by atoms with E-state index in [0.717, 1.165) is 12.5 Å². The first kappa shape index (κ1) is 13.4. The molecule has 0 aromatic carbocycles. The normalized spacial score (nSPS) is 38.5. The highest BCUT2D eigenvalue weighted by molar-refractivity contribution is 4.90. The minimum Gasteiger partial charge on any atom is -0.378 e. The molecule has 2 heteroatoms. The van der Waals surface area contributed by atoms with Crippen LogP contribution >= 0.6 is 0 Å². The fourth-order valence-corrected chi connectivity index (χ4v) is 3.65. The SMILES string of the molecule is CCC1CCCC(N)(CCCC2CCCO2)C1. The maximum atomic E-state index is 6.57. The molecule has 0 amide bonds. The third-order valence-electron chi connectivity index (χ3n) is 4.78. The van der Waals surface area contributed by atoms with Gasteiger partial charge >= 0.3 is 0 Å². The van der Waals surface area contributed by atoms with Gasteiger partial charge in [0.25, 0.3) is 0 Å². The number of rotatable bonds is 5. The summed E-state index contributed by atoms with van der Waals surface area (Å²) in [5, 5.41) is 0. The van der Waals surface area contributed by atoms with Crippen LogP contribution in [0.1, 0.15) is 71.1 Å². The van der Waals surface area contributed by atoms with Crippen LogP contribution in [0.25, 0.3) is 0 Å². The van der Waals surface area contributed by atoms with Crippen molar-refractivity contribution in [3.63, 3.8) is 0 Å². The van der Waals surface area contributed by atoms with E-state index in [1.165, 1.54) is 64.2 Å². The van der Waals surface area contributed by atoms with Crippen LogP contribution in [0, 0.1) is 5.92 Å². The van der Waals surface area contributed by atoms with Crippen LogP contribution in [0.4, 0.5) is 0 Å². The second-order valence-electron chi connectivity index (χ2n) is 6.26. The summed E-state index contributed by atoms with van der Waals surface area (Å²) in [6.07, 6.45) is 13.3. The first-order chi connectivity index (χ1) is 8.22. The van der Waals surface area contributed by atoms with Gasteiger partial charge in [0.2, 0.25) is 0 Å². The van der Waals surface area contributed by atoms with Crippen molar-refractivity contribution in [2.24, 2.45) is 11.7 Å². The zero-order valence-electron chi connectivity index (χ0n) is 11.4. The van der Waals surface area contributed by atoms with E-state index in [4.69, 9.17) is 10.5 Å². The molecule has 0 bridgehead atoms. The highest BCUT2D eigenvalue weighted by Crippen LogP contribution is 2.36. The molecule has 1 aliphatic carbocycles. The van der Waals surface area contributed by atoms with Gasteiger partial charge in [0.05, 0.1) is 6.10 Å². The molecule has 0 spiro atoms. The van der Waals surface area contributed by atoms with E-state index in [0.29, 0.717) is 6.10 Å². The smallest absolute Gasteiger partial charge is 0.0576 e. The van der Waals surface area contributed by atoms with E-state index in [-0.39, 0.29) is 5.54 Å². The van der Waals surface area contributed by atoms with Crippen LogP contribution in [0.5, 0.6) is 0 Å². The van der Waals surface area contributed by atoms with Crippen molar-refractivity contribution in [1.29, 1.82) is 0 Å². The van der Waals surface area contributed by atoms with E-state index in [9.17, 15) is 0 Å². The maximum absolute atomic E-state index is 6.57. The number of hydrogen-bond acceptors (Lipinski definition) is 2. The molecular formula is C15H29NO. The van der Waals surface area contributed by atoms with E-state index >= 15 is 0 Å². The average molecular weight is 239 g/mol. The van der Waals surface area contributed by atoms with Crippen molar-refractivity contribution in [3.8, 4) is 0 Å². The summed E-state index contributed by atoms with van der Waals surface area (Å²) in [5.74, 6) is 0.886. The van der Waals surface area contributed by atoms with Gasteiger partial charge in [-0.3, -0.25) is 0 Å². The second kappa shape index (κ2) is 6.19. The predicted molar refractivity (Wildman–Crippen MR) is 72.0 cm³/mol. The molecule has 0 radical (unpaired) electrons. The van der Waals surface area contributed by atoms with Crippen molar-refractivity contribution in [1.82, 2.24) is 0 Å². The van der Waals surface area contributed by atoms with Gasteiger partial charge < -0.3 is 10.5 Å². The van der Waals surface area contributed by atoms with Crippen molar-refractivity contribution in [2.75, 3.05) is 6.61 Å². The zero-order valence-corrected chi connectivity index (χ0v) is 11.4. The fraction of sp³-hybridized carbons (Fsp3) is 1.00. The molecule has 3 unspecified atom stereocenters. The molecular weight excluding hydrogens is 210 g/mol. The average Bonchev–Trinajstić information content (AvgIpc) is 2.82. The molecule has 1 heterocycles. The van der Waals surface area contributed by atoms with Crippen LogP contribution in [0.15, 0.2) is 0 Å². The molecule has 3 atom stereocenters. The largest absolute Gasteiger partial charge is 0.378 e. The molecule has 0 aromatic rings. The van der Waals surface area contributed by atoms with Gasteiger partial charge in [-0.25, -0.2) is 0 Å². The van der Waals surface area contributed by atoms with Crippen molar-refractivity contribution >= 4 is 0 Å². The Bertz CT molecular complexity index is 225. The van der Waals surface area contributed by atoms with Gasteiger partial charge in [-0.2, -0.15) is 0 Å². The summed E-state index contributed by atoms with van der Waals surface area (Å²) < 4.78 is 5.68. The summed E-state index contributed by atoms with van der Waals surface area (Å²) in [6.45, 7) is 3.29. The lowest BCUT2D eigenvalue weighted by Crippen LogP contribution is -2.44. The van der Waals surface area contributed by atoms with Gasteiger partial charge in [-0.05, 0) is 50.9 Å². The van der Waals surface area contributed by atoms with Crippen LogP contribution < -0.4 is 5.73 Å².